The Morgan fingerprint density at radius 2 is 1.71 bits per heavy atom. The molecule has 148 valence electrons. The first-order valence-corrected chi connectivity index (χ1v) is 10.00. The lowest BCUT2D eigenvalue weighted by atomic mass is 10.1. The molecule has 3 aromatic rings. The fourth-order valence-electron chi connectivity index (χ4n) is 2.60. The van der Waals surface area contributed by atoms with Gasteiger partial charge in [-0.25, -0.2) is 35.8 Å². The van der Waals surface area contributed by atoms with Crippen molar-refractivity contribution in [2.24, 2.45) is 5.14 Å². The lowest BCUT2D eigenvalue weighted by Gasteiger charge is -2.11. The van der Waals surface area contributed by atoms with Gasteiger partial charge >= 0.3 is 0 Å². The molecule has 0 atom stereocenters. The highest BCUT2D eigenvalue weighted by Crippen LogP contribution is 2.32. The van der Waals surface area contributed by atoms with Gasteiger partial charge in [-0.15, -0.1) is 0 Å². The Morgan fingerprint density at radius 1 is 1.11 bits per heavy atom. The Kier molecular flexibility index (Phi) is 5.34. The quantitative estimate of drug-likeness (QED) is 0.563. The molecule has 0 saturated heterocycles. The number of sulfonamides is 1. The molecule has 3 rings (SSSR count). The van der Waals surface area contributed by atoms with Crippen molar-refractivity contribution in [3.63, 3.8) is 0 Å². The monoisotopic (exact) mass is 477 g/mol. The molecule has 2 aromatic carbocycles. The van der Waals surface area contributed by atoms with Gasteiger partial charge in [0.15, 0.2) is 4.90 Å². The molecule has 0 bridgehead atoms. The zero-order chi connectivity index (χ0) is 20.8. The highest BCUT2D eigenvalue weighted by atomic mass is 79.9. The number of hydrogen-bond donors (Lipinski definition) is 1. The molecular weight excluding hydrogens is 466 g/mol. The zero-order valence-corrected chi connectivity index (χ0v) is 16.5. The smallest absolute Gasteiger partial charge is 0.233 e. The number of aryl methyl sites for hydroxylation is 1. The van der Waals surface area contributed by atoms with E-state index in [9.17, 15) is 26.0 Å². The maximum absolute atomic E-state index is 14.2. The third-order valence-electron chi connectivity index (χ3n) is 3.93. The van der Waals surface area contributed by atoms with Gasteiger partial charge in [0, 0.05) is 10.0 Å². The van der Waals surface area contributed by atoms with E-state index >= 15 is 0 Å². The van der Waals surface area contributed by atoms with Crippen LogP contribution in [0.1, 0.15) is 17.7 Å². The number of aromatic nitrogens is 2. The number of nitrogens with zero attached hydrogens (tertiary/aromatic N) is 2. The molecule has 1 aromatic heterocycles. The number of benzene rings is 2. The van der Waals surface area contributed by atoms with E-state index in [0.717, 1.165) is 16.3 Å². The van der Waals surface area contributed by atoms with E-state index in [1.54, 1.807) is 18.2 Å². The van der Waals surface area contributed by atoms with Crippen molar-refractivity contribution >= 4 is 26.0 Å². The second-order valence-electron chi connectivity index (χ2n) is 5.91. The summed E-state index contributed by atoms with van der Waals surface area (Å²) in [5.74, 6) is -2.87. The SMILES string of the molecule is Cc1ccc(-n2nc(C(F)F)cc2-c2cc(F)c(S(N)(=O)=O)c(F)c2)cc1Br. The second kappa shape index (κ2) is 7.30. The van der Waals surface area contributed by atoms with Gasteiger partial charge in [0.25, 0.3) is 6.43 Å². The minimum absolute atomic E-state index is 0.0511. The van der Waals surface area contributed by atoms with Crippen LogP contribution >= 0.6 is 15.9 Å². The molecule has 28 heavy (non-hydrogen) atoms. The van der Waals surface area contributed by atoms with Crippen LogP contribution in [-0.4, -0.2) is 18.2 Å². The maximum Gasteiger partial charge on any atom is 0.282 e. The number of rotatable bonds is 4. The topological polar surface area (TPSA) is 78.0 Å². The zero-order valence-electron chi connectivity index (χ0n) is 14.1. The molecular formula is C17H12BrF4N3O2S. The Bertz CT molecular complexity index is 1160. The van der Waals surface area contributed by atoms with E-state index in [2.05, 4.69) is 21.0 Å². The largest absolute Gasteiger partial charge is 0.282 e. The first kappa shape index (κ1) is 20.5. The summed E-state index contributed by atoms with van der Waals surface area (Å²) in [4.78, 5) is -1.30. The molecule has 0 amide bonds. The molecule has 0 spiro atoms. The van der Waals surface area contributed by atoms with Gasteiger partial charge in [-0.1, -0.05) is 22.0 Å². The van der Waals surface area contributed by atoms with Crippen LogP contribution in [-0.2, 0) is 10.0 Å². The summed E-state index contributed by atoms with van der Waals surface area (Å²) < 4.78 is 79.3. The van der Waals surface area contributed by atoms with Crippen LogP contribution in [0.25, 0.3) is 16.9 Å². The standard InChI is InChI=1S/C17H12BrF4N3O2S/c1-8-2-3-10(6-11(8)18)25-15(7-14(24-25)17(21)22)9-4-12(19)16(13(20)5-9)28(23,26)27/h2-7,17H,1H3,(H2,23,26,27). The summed E-state index contributed by atoms with van der Waals surface area (Å²) in [6.45, 7) is 1.82. The highest BCUT2D eigenvalue weighted by Gasteiger charge is 2.24. The lowest BCUT2D eigenvalue weighted by molar-refractivity contribution is 0.145. The van der Waals surface area contributed by atoms with Crippen molar-refractivity contribution in [2.75, 3.05) is 0 Å². The van der Waals surface area contributed by atoms with E-state index in [4.69, 9.17) is 5.14 Å². The normalized spacial score (nSPS) is 12.0. The predicted molar refractivity (Wildman–Crippen MR) is 97.7 cm³/mol. The minimum Gasteiger partial charge on any atom is -0.233 e. The molecule has 2 N–H and O–H groups in total. The van der Waals surface area contributed by atoms with Crippen LogP contribution in [0.2, 0.25) is 0 Å². The fraction of sp³-hybridized carbons (Fsp3) is 0.118. The van der Waals surface area contributed by atoms with Crippen LogP contribution < -0.4 is 5.14 Å². The second-order valence-corrected chi connectivity index (χ2v) is 8.27. The maximum atomic E-state index is 14.2. The summed E-state index contributed by atoms with van der Waals surface area (Å²) in [5, 5.41) is 8.63. The Labute approximate surface area is 166 Å². The molecule has 0 aliphatic rings. The summed E-state index contributed by atoms with van der Waals surface area (Å²) in [7, 11) is -4.64. The van der Waals surface area contributed by atoms with Crippen molar-refractivity contribution in [3.05, 3.63) is 63.8 Å². The number of alkyl halides is 2. The van der Waals surface area contributed by atoms with Crippen LogP contribution in [0.15, 0.2) is 45.8 Å². The minimum atomic E-state index is -4.64. The number of nitrogens with two attached hydrogens (primary N) is 1. The van der Waals surface area contributed by atoms with E-state index < -0.39 is 38.7 Å². The summed E-state index contributed by atoms with van der Waals surface area (Å²) in [6, 6.07) is 7.29. The van der Waals surface area contributed by atoms with Crippen LogP contribution in [0.5, 0.6) is 0 Å². The van der Waals surface area contributed by atoms with Gasteiger partial charge in [0.1, 0.15) is 17.3 Å². The molecule has 0 saturated carbocycles. The first-order valence-electron chi connectivity index (χ1n) is 7.66. The number of primary sulfonamides is 1. The number of halogens is 5. The summed E-state index contributed by atoms with van der Waals surface area (Å²) >= 11 is 3.32. The predicted octanol–water partition coefficient (Wildman–Crippen LogP) is 4.47. The molecule has 0 aliphatic heterocycles. The van der Waals surface area contributed by atoms with Gasteiger partial charge < -0.3 is 0 Å². The molecule has 5 nitrogen and oxygen atoms in total. The molecule has 0 aliphatic carbocycles. The highest BCUT2D eigenvalue weighted by molar-refractivity contribution is 9.10. The van der Waals surface area contributed by atoms with E-state index in [1.807, 2.05) is 6.92 Å². The third-order valence-corrected chi connectivity index (χ3v) is 5.74. The summed E-state index contributed by atoms with van der Waals surface area (Å²) in [6.07, 6.45) is -2.92. The molecule has 0 unspecified atom stereocenters. The van der Waals surface area contributed by atoms with Crippen LogP contribution in [0.3, 0.4) is 0 Å². The van der Waals surface area contributed by atoms with Crippen molar-refractivity contribution in [1.82, 2.24) is 9.78 Å². The van der Waals surface area contributed by atoms with Crippen LogP contribution in [0, 0.1) is 18.6 Å². The van der Waals surface area contributed by atoms with Gasteiger partial charge in [-0.3, -0.25) is 0 Å². The van der Waals surface area contributed by atoms with Crippen molar-refractivity contribution in [2.45, 2.75) is 18.2 Å². The molecule has 11 heteroatoms. The van der Waals surface area contributed by atoms with Crippen LogP contribution in [0.4, 0.5) is 17.6 Å². The fourth-order valence-corrected chi connectivity index (χ4v) is 3.63. The molecule has 0 fully saturated rings. The van der Waals surface area contributed by atoms with E-state index in [-0.39, 0.29) is 11.3 Å². The third kappa shape index (κ3) is 3.82. The Morgan fingerprint density at radius 3 is 2.21 bits per heavy atom. The van der Waals surface area contributed by atoms with Crippen molar-refractivity contribution < 1.29 is 26.0 Å². The lowest BCUT2D eigenvalue weighted by Crippen LogP contribution is -2.16. The first-order chi connectivity index (χ1) is 13.0. The summed E-state index contributed by atoms with van der Waals surface area (Å²) in [5.41, 5.74) is 0.392. The van der Waals surface area contributed by atoms with Gasteiger partial charge in [0.2, 0.25) is 10.0 Å². The van der Waals surface area contributed by atoms with E-state index in [0.29, 0.717) is 22.3 Å². The molecule has 1 heterocycles. The average molecular weight is 478 g/mol. The number of hydrogen-bond acceptors (Lipinski definition) is 3. The Balaban J connectivity index is 2.26. The van der Waals surface area contributed by atoms with E-state index in [1.165, 1.54) is 0 Å². The molecule has 0 radical (unpaired) electrons. The van der Waals surface area contributed by atoms with Crippen molar-refractivity contribution in [1.29, 1.82) is 0 Å². The van der Waals surface area contributed by atoms with Crippen molar-refractivity contribution in [3.8, 4) is 16.9 Å². The van der Waals surface area contributed by atoms with Gasteiger partial charge in [-0.2, -0.15) is 5.10 Å². The Hall–Kier alpha value is -2.24. The average Bonchev–Trinajstić information content (AvgIpc) is 3.01. The van der Waals surface area contributed by atoms with Gasteiger partial charge in [-0.05, 0) is 42.8 Å². The van der Waals surface area contributed by atoms with Gasteiger partial charge in [0.05, 0.1) is 11.4 Å².